The van der Waals surface area contributed by atoms with Crippen LogP contribution in [0.2, 0.25) is 0 Å². The molecular formula is C4H6ClNO2S. The lowest BCUT2D eigenvalue weighted by Crippen LogP contribution is -2.15. The van der Waals surface area contributed by atoms with E-state index in [9.17, 15) is 8.42 Å². The minimum Gasteiger partial charge on any atom is -0.287 e. The fourth-order valence-corrected chi connectivity index (χ4v) is 1.02. The summed E-state index contributed by atoms with van der Waals surface area (Å²) in [7, 11) is -3.10. The van der Waals surface area contributed by atoms with Crippen molar-refractivity contribution >= 4 is 22.4 Å². The van der Waals surface area contributed by atoms with Crippen LogP contribution in [0, 0.1) is 0 Å². The van der Waals surface area contributed by atoms with E-state index < -0.39 is 10.0 Å². The predicted molar refractivity (Wildman–Crippen MR) is 37.6 cm³/mol. The molecule has 5 heteroatoms. The van der Waals surface area contributed by atoms with Crippen LogP contribution in [0.3, 0.4) is 0 Å². The van der Waals surface area contributed by atoms with Gasteiger partial charge in [0.25, 0.3) is 10.0 Å². The third-order valence-electron chi connectivity index (χ3n) is 0.697. The van der Waals surface area contributed by atoms with Crippen LogP contribution in [-0.4, -0.2) is 8.42 Å². The molecule has 1 heterocycles. The maximum Gasteiger partial charge on any atom is 0.254 e. The second kappa shape index (κ2) is 2.89. The molecule has 1 aliphatic heterocycles. The number of hydrogen-bond donors (Lipinski definition) is 1. The van der Waals surface area contributed by atoms with Crippen LogP contribution >= 0.6 is 12.4 Å². The molecule has 0 aliphatic carbocycles. The molecule has 0 spiro atoms. The van der Waals surface area contributed by atoms with E-state index >= 15 is 0 Å². The summed E-state index contributed by atoms with van der Waals surface area (Å²) in [5.41, 5.74) is 0. The van der Waals surface area contributed by atoms with Gasteiger partial charge < -0.3 is 0 Å². The van der Waals surface area contributed by atoms with Gasteiger partial charge in [-0.15, -0.1) is 12.4 Å². The molecule has 1 aliphatic rings. The SMILES string of the molecule is Cl.O=S1(=O)C=CC=CN1. The average Bonchev–Trinajstić information content (AvgIpc) is 1.65. The van der Waals surface area contributed by atoms with Crippen molar-refractivity contribution < 1.29 is 8.42 Å². The average molecular weight is 168 g/mol. The van der Waals surface area contributed by atoms with Gasteiger partial charge in [0, 0.05) is 6.20 Å². The first-order valence-electron chi connectivity index (χ1n) is 2.06. The highest BCUT2D eigenvalue weighted by Gasteiger charge is 2.00. The molecule has 0 bridgehead atoms. The van der Waals surface area contributed by atoms with Crippen molar-refractivity contribution in [3.8, 4) is 0 Å². The molecule has 0 fully saturated rings. The van der Waals surface area contributed by atoms with E-state index in [0.29, 0.717) is 0 Å². The van der Waals surface area contributed by atoms with Gasteiger partial charge in [-0.3, -0.25) is 4.72 Å². The maximum absolute atomic E-state index is 10.4. The Labute approximate surface area is 59.9 Å². The number of allylic oxidation sites excluding steroid dienone is 2. The molecule has 0 radical (unpaired) electrons. The van der Waals surface area contributed by atoms with Crippen LogP contribution in [0.15, 0.2) is 23.8 Å². The Balaban J connectivity index is 0.000000640. The molecule has 0 amide bonds. The number of rotatable bonds is 0. The van der Waals surface area contributed by atoms with Gasteiger partial charge >= 0.3 is 0 Å². The Morgan fingerprint density at radius 1 is 1.22 bits per heavy atom. The normalized spacial score (nSPS) is 20.0. The molecule has 3 nitrogen and oxygen atoms in total. The molecule has 1 N–H and O–H groups in total. The maximum atomic E-state index is 10.4. The van der Waals surface area contributed by atoms with Crippen LogP contribution in [0.25, 0.3) is 0 Å². The highest BCUT2D eigenvalue weighted by atomic mass is 35.5. The zero-order chi connectivity index (χ0) is 6.04. The third-order valence-corrected chi connectivity index (χ3v) is 1.68. The summed E-state index contributed by atoms with van der Waals surface area (Å²) in [4.78, 5) is 0. The lowest BCUT2D eigenvalue weighted by Gasteiger charge is -1.98. The Bertz CT molecular complexity index is 229. The quantitative estimate of drug-likeness (QED) is 0.567. The second-order valence-corrected chi connectivity index (χ2v) is 2.95. The van der Waals surface area contributed by atoms with Gasteiger partial charge in [0.15, 0.2) is 0 Å². The van der Waals surface area contributed by atoms with Gasteiger partial charge in [-0.1, -0.05) is 0 Å². The van der Waals surface area contributed by atoms with Crippen molar-refractivity contribution in [1.29, 1.82) is 0 Å². The summed E-state index contributed by atoms with van der Waals surface area (Å²) in [5, 5.41) is 1.10. The highest BCUT2D eigenvalue weighted by molar-refractivity contribution is 7.92. The van der Waals surface area contributed by atoms with Crippen molar-refractivity contribution in [3.05, 3.63) is 23.8 Å². The van der Waals surface area contributed by atoms with Gasteiger partial charge in [0.1, 0.15) is 0 Å². The Kier molecular flexibility index (Phi) is 2.73. The molecule has 0 unspecified atom stereocenters. The molecule has 1 rings (SSSR count). The fourth-order valence-electron chi connectivity index (χ4n) is 0.378. The van der Waals surface area contributed by atoms with E-state index in [1.54, 1.807) is 6.08 Å². The number of halogens is 1. The summed E-state index contributed by atoms with van der Waals surface area (Å²) in [6.07, 6.45) is 4.45. The van der Waals surface area contributed by atoms with Crippen LogP contribution in [-0.2, 0) is 10.0 Å². The Hall–Kier alpha value is -0.480. The lowest BCUT2D eigenvalue weighted by molar-refractivity contribution is 0.599. The minimum absolute atomic E-state index is 0. The first-order chi connectivity index (χ1) is 3.71. The topological polar surface area (TPSA) is 46.2 Å². The van der Waals surface area contributed by atoms with Crippen molar-refractivity contribution in [2.24, 2.45) is 0 Å². The third kappa shape index (κ3) is 2.53. The molecule has 52 valence electrons. The summed E-state index contributed by atoms with van der Waals surface area (Å²) in [6.45, 7) is 0. The number of sulfonamides is 1. The van der Waals surface area contributed by atoms with Crippen molar-refractivity contribution in [3.63, 3.8) is 0 Å². The number of hydrogen-bond acceptors (Lipinski definition) is 2. The van der Waals surface area contributed by atoms with Crippen molar-refractivity contribution in [1.82, 2.24) is 4.72 Å². The lowest BCUT2D eigenvalue weighted by atomic mass is 10.6. The monoisotopic (exact) mass is 167 g/mol. The molecule has 0 saturated heterocycles. The number of nitrogens with one attached hydrogen (secondary N) is 1. The van der Waals surface area contributed by atoms with Gasteiger partial charge in [-0.2, -0.15) is 0 Å². The van der Waals surface area contributed by atoms with Gasteiger partial charge in [0.2, 0.25) is 0 Å². The predicted octanol–water partition coefficient (Wildman–Crippen LogP) is 0.369. The Morgan fingerprint density at radius 3 is 2.11 bits per heavy atom. The molecule has 0 aromatic carbocycles. The van der Waals surface area contributed by atoms with E-state index in [2.05, 4.69) is 4.72 Å². The molecular weight excluding hydrogens is 162 g/mol. The van der Waals surface area contributed by atoms with Crippen LogP contribution in [0.4, 0.5) is 0 Å². The van der Waals surface area contributed by atoms with Crippen LogP contribution in [0.5, 0.6) is 0 Å². The van der Waals surface area contributed by atoms with Gasteiger partial charge in [0.05, 0.1) is 5.41 Å². The Morgan fingerprint density at radius 2 is 1.89 bits per heavy atom. The molecule has 9 heavy (non-hydrogen) atoms. The van der Waals surface area contributed by atoms with E-state index in [-0.39, 0.29) is 12.4 Å². The van der Waals surface area contributed by atoms with E-state index in [1.165, 1.54) is 12.3 Å². The fraction of sp³-hybridized carbons (Fsp3) is 0. The molecule has 0 saturated carbocycles. The highest BCUT2D eigenvalue weighted by Crippen LogP contribution is 1.92. The molecule has 0 atom stereocenters. The van der Waals surface area contributed by atoms with Crippen molar-refractivity contribution in [2.75, 3.05) is 0 Å². The van der Waals surface area contributed by atoms with Crippen LogP contribution < -0.4 is 4.72 Å². The first kappa shape index (κ1) is 8.52. The zero-order valence-electron chi connectivity index (χ0n) is 4.44. The van der Waals surface area contributed by atoms with E-state index in [1.807, 2.05) is 0 Å². The second-order valence-electron chi connectivity index (χ2n) is 1.35. The van der Waals surface area contributed by atoms with E-state index in [0.717, 1.165) is 5.41 Å². The van der Waals surface area contributed by atoms with Gasteiger partial charge in [-0.05, 0) is 12.2 Å². The first-order valence-corrected chi connectivity index (χ1v) is 3.61. The zero-order valence-corrected chi connectivity index (χ0v) is 6.08. The van der Waals surface area contributed by atoms with Crippen LogP contribution in [0.1, 0.15) is 0 Å². The molecule has 0 aromatic rings. The molecule has 0 aromatic heterocycles. The van der Waals surface area contributed by atoms with Gasteiger partial charge in [-0.25, -0.2) is 8.42 Å². The van der Waals surface area contributed by atoms with Crippen molar-refractivity contribution in [2.45, 2.75) is 0 Å². The standard InChI is InChI=1S/C4H5NO2S.ClH/c6-8(7)4-2-1-3-5-8;/h1-5H;1H. The summed E-state index contributed by atoms with van der Waals surface area (Å²) >= 11 is 0. The minimum atomic E-state index is -3.10. The summed E-state index contributed by atoms with van der Waals surface area (Å²) in [5.74, 6) is 0. The summed E-state index contributed by atoms with van der Waals surface area (Å²) < 4.78 is 23.0. The smallest absolute Gasteiger partial charge is 0.254 e. The van der Waals surface area contributed by atoms with E-state index in [4.69, 9.17) is 0 Å². The largest absolute Gasteiger partial charge is 0.287 e. The summed E-state index contributed by atoms with van der Waals surface area (Å²) in [6, 6.07) is 0.